The number of rotatable bonds is 5. The van der Waals surface area contributed by atoms with Crippen LogP contribution in [0.15, 0.2) is 112 Å². The maximum Gasteiger partial charge on any atom is 0.0267 e. The molecule has 0 atom stereocenters. The Morgan fingerprint density at radius 2 is 1.10 bits per heavy atom. The number of benzene rings is 2. The molecule has 0 bridgehead atoms. The number of hydrogen-bond acceptors (Lipinski definition) is 1. The first-order valence-corrected chi connectivity index (χ1v) is 13.4. The Balaban J connectivity index is 0.000000391. The van der Waals surface area contributed by atoms with Gasteiger partial charge in [0.2, 0.25) is 0 Å². The SMILES string of the molecule is CC1=C(C)C(C)(C)[C]([Cr]([CH2]c2ccccc2)[CH2]c2ccccc2)=C1C.c1ccncc1. The van der Waals surface area contributed by atoms with Crippen LogP contribution in [0.4, 0.5) is 0 Å². The summed E-state index contributed by atoms with van der Waals surface area (Å²) in [5, 5.41) is 2.46. The van der Waals surface area contributed by atoms with E-state index in [1.165, 1.54) is 27.3 Å². The number of pyridine rings is 1. The Kier molecular flexibility index (Phi) is 8.08. The minimum atomic E-state index is -0.992. The summed E-state index contributed by atoms with van der Waals surface area (Å²) in [6.07, 6.45) is 3.50. The van der Waals surface area contributed by atoms with Crippen LogP contribution in [-0.4, -0.2) is 4.98 Å². The third kappa shape index (κ3) is 5.85. The third-order valence-electron chi connectivity index (χ3n) is 6.19. The van der Waals surface area contributed by atoms with Gasteiger partial charge in [0.1, 0.15) is 0 Å². The molecule has 1 aromatic heterocycles. The predicted octanol–water partition coefficient (Wildman–Crippen LogP) is 7.74. The van der Waals surface area contributed by atoms with E-state index in [1.54, 1.807) is 28.0 Å². The van der Waals surface area contributed by atoms with E-state index in [9.17, 15) is 0 Å². The molecule has 2 aromatic carbocycles. The van der Waals surface area contributed by atoms with Crippen LogP contribution in [0.2, 0.25) is 0 Å². The molecule has 161 valence electrons. The molecule has 4 rings (SSSR count). The van der Waals surface area contributed by atoms with E-state index < -0.39 is 14.1 Å². The number of hydrogen-bond donors (Lipinski definition) is 0. The van der Waals surface area contributed by atoms with E-state index in [-0.39, 0.29) is 5.41 Å². The molecule has 3 aromatic rings. The van der Waals surface area contributed by atoms with Crippen molar-refractivity contribution in [1.82, 2.24) is 4.98 Å². The van der Waals surface area contributed by atoms with Crippen molar-refractivity contribution in [3.05, 3.63) is 124 Å². The summed E-state index contributed by atoms with van der Waals surface area (Å²) >= 11 is -0.992. The Labute approximate surface area is 193 Å². The van der Waals surface area contributed by atoms with E-state index in [1.807, 2.05) is 18.2 Å². The van der Waals surface area contributed by atoms with Crippen LogP contribution in [0.1, 0.15) is 45.7 Å². The Bertz CT molecular complexity index is 950. The molecule has 0 fully saturated rings. The Hall–Kier alpha value is -2.40. The molecular formula is C29H34CrN. The van der Waals surface area contributed by atoms with Crippen LogP contribution >= 0.6 is 0 Å². The topological polar surface area (TPSA) is 12.9 Å². The van der Waals surface area contributed by atoms with Crippen LogP contribution in [0.25, 0.3) is 0 Å². The van der Waals surface area contributed by atoms with Gasteiger partial charge in [-0.25, -0.2) is 0 Å². The summed E-state index contributed by atoms with van der Waals surface area (Å²) in [6.45, 7) is 11.9. The predicted molar refractivity (Wildman–Crippen MR) is 129 cm³/mol. The van der Waals surface area contributed by atoms with Gasteiger partial charge in [-0.3, -0.25) is 4.98 Å². The first-order valence-electron chi connectivity index (χ1n) is 10.9. The second-order valence-corrected chi connectivity index (χ2v) is 11.7. The van der Waals surface area contributed by atoms with Crippen molar-refractivity contribution in [2.45, 2.75) is 45.2 Å². The molecule has 1 aliphatic rings. The second-order valence-electron chi connectivity index (χ2n) is 8.61. The zero-order chi connectivity index (χ0) is 22.3. The monoisotopic (exact) mass is 448 g/mol. The van der Waals surface area contributed by atoms with Crippen LogP contribution in [0.3, 0.4) is 0 Å². The van der Waals surface area contributed by atoms with E-state index >= 15 is 0 Å². The van der Waals surface area contributed by atoms with Gasteiger partial charge in [0.25, 0.3) is 0 Å². The van der Waals surface area contributed by atoms with Crippen molar-refractivity contribution < 1.29 is 14.1 Å². The fourth-order valence-corrected chi connectivity index (χ4v) is 8.94. The molecule has 0 aliphatic heterocycles. The molecule has 0 saturated heterocycles. The molecule has 31 heavy (non-hydrogen) atoms. The van der Waals surface area contributed by atoms with Crippen molar-refractivity contribution in [3.8, 4) is 0 Å². The summed E-state index contributed by atoms with van der Waals surface area (Å²) in [5.74, 6) is 0. The molecule has 0 unspecified atom stereocenters. The normalized spacial score (nSPS) is 15.2. The molecule has 0 N–H and O–H groups in total. The molecule has 1 heterocycles. The minimum absolute atomic E-state index is 0.211. The van der Waals surface area contributed by atoms with Crippen LogP contribution in [-0.2, 0) is 24.7 Å². The van der Waals surface area contributed by atoms with Crippen molar-refractivity contribution >= 4 is 0 Å². The number of nitrogens with zero attached hydrogens (tertiary/aromatic N) is 1. The molecular weight excluding hydrogens is 414 g/mol. The first kappa shape index (κ1) is 23.3. The van der Waals surface area contributed by atoms with Crippen LogP contribution in [0, 0.1) is 5.41 Å². The fourth-order valence-electron chi connectivity index (χ4n) is 4.20. The van der Waals surface area contributed by atoms with E-state index in [4.69, 9.17) is 0 Å². The van der Waals surface area contributed by atoms with Gasteiger partial charge < -0.3 is 0 Å². The standard InChI is InChI=1S/C10H15.2C7H7.C5H5N.Cr/c1-7-6-10(4,5)9(3)8(7)2;2*1-7-5-3-2-4-6-7;1-2-4-6-5-3-1;/h1-5H3;2*2-6H,1H2;1-5H;. The average Bonchev–Trinajstić information content (AvgIpc) is 2.95. The third-order valence-corrected chi connectivity index (χ3v) is 10.5. The van der Waals surface area contributed by atoms with Crippen molar-refractivity contribution in [2.24, 2.45) is 5.41 Å². The largest absolute Gasteiger partial charge is 0.265 e. The van der Waals surface area contributed by atoms with E-state index in [0.717, 1.165) is 0 Å². The molecule has 1 nitrogen and oxygen atoms in total. The molecule has 1 aliphatic carbocycles. The van der Waals surface area contributed by atoms with Crippen molar-refractivity contribution in [3.63, 3.8) is 0 Å². The first-order chi connectivity index (χ1) is 14.9. The van der Waals surface area contributed by atoms with Gasteiger partial charge >= 0.3 is 158 Å². The second kappa shape index (κ2) is 10.8. The van der Waals surface area contributed by atoms with Gasteiger partial charge in [0.15, 0.2) is 0 Å². The maximum absolute atomic E-state index is 3.78. The quantitative estimate of drug-likeness (QED) is 0.389. The maximum atomic E-state index is 3.78. The van der Waals surface area contributed by atoms with Gasteiger partial charge in [0, 0.05) is 12.4 Å². The van der Waals surface area contributed by atoms with Gasteiger partial charge in [0.05, 0.1) is 0 Å². The summed E-state index contributed by atoms with van der Waals surface area (Å²) in [7, 11) is 0. The average molecular weight is 449 g/mol. The zero-order valence-corrected chi connectivity index (χ0v) is 20.7. The summed E-state index contributed by atoms with van der Waals surface area (Å²) < 4.78 is 1.76. The van der Waals surface area contributed by atoms with Gasteiger partial charge in [-0.2, -0.15) is 0 Å². The van der Waals surface area contributed by atoms with Gasteiger partial charge in [-0.15, -0.1) is 0 Å². The smallest absolute Gasteiger partial charge is 0.0267 e. The van der Waals surface area contributed by atoms with Gasteiger partial charge in [-0.1, -0.05) is 6.07 Å². The minimum Gasteiger partial charge on any atom is -0.265 e. The molecule has 2 heteroatoms. The number of allylic oxidation sites excluding steroid dienone is 4. The molecule has 0 radical (unpaired) electrons. The Morgan fingerprint density at radius 3 is 1.42 bits per heavy atom. The molecule has 0 saturated carbocycles. The number of aromatic nitrogens is 1. The summed E-state index contributed by atoms with van der Waals surface area (Å²) in [5.41, 5.74) is 7.84. The zero-order valence-electron chi connectivity index (χ0n) is 19.4. The molecule has 0 spiro atoms. The Morgan fingerprint density at radius 1 is 0.645 bits per heavy atom. The summed E-state index contributed by atoms with van der Waals surface area (Å²) in [4.78, 5) is 3.78. The van der Waals surface area contributed by atoms with E-state index in [2.05, 4.69) is 100 Å². The summed E-state index contributed by atoms with van der Waals surface area (Å²) in [6, 6.07) is 27.9. The fraction of sp³-hybridized carbons (Fsp3) is 0.276. The van der Waals surface area contributed by atoms with Gasteiger partial charge in [-0.05, 0) is 12.1 Å². The van der Waals surface area contributed by atoms with Crippen LogP contribution in [0.5, 0.6) is 0 Å². The van der Waals surface area contributed by atoms with Crippen molar-refractivity contribution in [2.75, 3.05) is 0 Å². The van der Waals surface area contributed by atoms with E-state index in [0.29, 0.717) is 0 Å². The van der Waals surface area contributed by atoms with Crippen molar-refractivity contribution in [1.29, 1.82) is 0 Å². The van der Waals surface area contributed by atoms with Crippen LogP contribution < -0.4 is 0 Å². The molecule has 0 amide bonds.